The van der Waals surface area contributed by atoms with Crippen LogP contribution in [0.1, 0.15) is 60.8 Å². The molecule has 0 aromatic carbocycles. The molecule has 0 heterocycles. The first-order chi connectivity index (χ1) is 8.64. The van der Waals surface area contributed by atoms with E-state index >= 15 is 0 Å². The minimum Gasteiger partial charge on any atom is -0.480 e. The average molecular weight is 272 g/mol. The minimum absolute atomic E-state index is 0.167. The molecule has 1 amide bonds. The fourth-order valence-corrected chi connectivity index (χ4v) is 1.83. The van der Waals surface area contributed by atoms with Crippen LogP contribution < -0.4 is 10.6 Å². The lowest BCUT2D eigenvalue weighted by molar-refractivity contribution is -0.146. The van der Waals surface area contributed by atoms with Crippen LogP contribution in [0, 0.1) is 0 Å². The van der Waals surface area contributed by atoms with Gasteiger partial charge in [-0.15, -0.1) is 0 Å². The van der Waals surface area contributed by atoms with Crippen molar-refractivity contribution in [2.75, 3.05) is 0 Å². The molecule has 0 aromatic heterocycles. The number of amides is 1. The number of carboxylic acid groups (broad SMARTS) is 1. The molecule has 0 bridgehead atoms. The van der Waals surface area contributed by atoms with Crippen molar-refractivity contribution < 1.29 is 14.7 Å². The van der Waals surface area contributed by atoms with Gasteiger partial charge in [0.05, 0.1) is 6.04 Å². The van der Waals surface area contributed by atoms with Crippen LogP contribution in [0.15, 0.2) is 0 Å². The summed E-state index contributed by atoms with van der Waals surface area (Å²) in [6.07, 6.45) is 1.69. The van der Waals surface area contributed by atoms with Crippen LogP contribution >= 0.6 is 0 Å². The van der Waals surface area contributed by atoms with Gasteiger partial charge in [-0.25, -0.2) is 0 Å². The molecule has 1 unspecified atom stereocenters. The molecule has 3 N–H and O–H groups in total. The summed E-state index contributed by atoms with van der Waals surface area (Å²) in [5, 5.41) is 15.2. The fourth-order valence-electron chi connectivity index (χ4n) is 1.83. The number of aliphatic carboxylic acids is 1. The van der Waals surface area contributed by atoms with E-state index in [4.69, 9.17) is 0 Å². The second-order valence-corrected chi connectivity index (χ2v) is 5.69. The molecular formula is C14H28N2O3. The zero-order chi connectivity index (χ0) is 15.3. The molecule has 0 fully saturated rings. The first-order valence-corrected chi connectivity index (χ1v) is 6.97. The van der Waals surface area contributed by atoms with Crippen molar-refractivity contribution >= 4 is 11.9 Å². The predicted molar refractivity (Wildman–Crippen MR) is 76.1 cm³/mol. The summed E-state index contributed by atoms with van der Waals surface area (Å²) in [5.41, 5.74) is -1.32. The molecule has 0 spiro atoms. The van der Waals surface area contributed by atoms with Gasteiger partial charge in [0.2, 0.25) is 5.91 Å². The van der Waals surface area contributed by atoms with E-state index < -0.39 is 17.6 Å². The van der Waals surface area contributed by atoms with Crippen LogP contribution in [0.2, 0.25) is 0 Å². The monoisotopic (exact) mass is 272 g/mol. The molecule has 0 aliphatic carbocycles. The Morgan fingerprint density at radius 2 is 1.58 bits per heavy atom. The number of nitrogens with one attached hydrogen (secondary N) is 2. The van der Waals surface area contributed by atoms with Gasteiger partial charge in [0.1, 0.15) is 5.54 Å². The minimum atomic E-state index is -1.03. The zero-order valence-corrected chi connectivity index (χ0v) is 13.0. The highest BCUT2D eigenvalue weighted by atomic mass is 16.4. The maximum Gasteiger partial charge on any atom is 0.323 e. The zero-order valence-electron chi connectivity index (χ0n) is 13.0. The number of hydrogen-bond acceptors (Lipinski definition) is 3. The summed E-state index contributed by atoms with van der Waals surface area (Å²) in [4.78, 5) is 23.5. The van der Waals surface area contributed by atoms with Gasteiger partial charge in [-0.3, -0.25) is 14.9 Å². The molecule has 5 heteroatoms. The summed E-state index contributed by atoms with van der Waals surface area (Å²) in [6, 6.07) is -0.540. The van der Waals surface area contributed by atoms with Crippen LogP contribution in [0.4, 0.5) is 0 Å². The third kappa shape index (κ3) is 4.82. The van der Waals surface area contributed by atoms with Crippen molar-refractivity contribution in [3.8, 4) is 0 Å². The maximum atomic E-state index is 12.1. The van der Waals surface area contributed by atoms with Crippen molar-refractivity contribution in [2.45, 2.75) is 77.9 Å². The van der Waals surface area contributed by atoms with E-state index in [1.807, 2.05) is 34.6 Å². The Kier molecular flexibility index (Phi) is 6.49. The third-order valence-corrected chi connectivity index (χ3v) is 3.85. The van der Waals surface area contributed by atoms with E-state index in [1.54, 1.807) is 6.92 Å². The summed E-state index contributed by atoms with van der Waals surface area (Å²) < 4.78 is 0. The number of carbonyl (C=O) groups excluding carboxylic acids is 1. The molecule has 0 aliphatic heterocycles. The molecule has 0 radical (unpaired) electrons. The van der Waals surface area contributed by atoms with E-state index in [0.717, 1.165) is 6.42 Å². The second kappa shape index (κ2) is 6.89. The van der Waals surface area contributed by atoms with Crippen molar-refractivity contribution in [1.29, 1.82) is 0 Å². The average Bonchev–Trinajstić information content (AvgIpc) is 2.34. The van der Waals surface area contributed by atoms with Gasteiger partial charge in [-0.05, 0) is 40.0 Å². The number of rotatable bonds is 8. The van der Waals surface area contributed by atoms with Crippen molar-refractivity contribution in [1.82, 2.24) is 10.6 Å². The smallest absolute Gasteiger partial charge is 0.323 e. The number of hydrogen-bond donors (Lipinski definition) is 3. The van der Waals surface area contributed by atoms with Crippen LogP contribution in [0.5, 0.6) is 0 Å². The van der Waals surface area contributed by atoms with Crippen LogP contribution in [-0.2, 0) is 9.59 Å². The Bertz CT molecular complexity index is 323. The lowest BCUT2D eigenvalue weighted by atomic mass is 9.91. The first-order valence-electron chi connectivity index (χ1n) is 6.97. The van der Waals surface area contributed by atoms with Gasteiger partial charge in [0.15, 0.2) is 0 Å². The molecular weight excluding hydrogens is 244 g/mol. The predicted octanol–water partition coefficient (Wildman–Crippen LogP) is 1.91. The van der Waals surface area contributed by atoms with Gasteiger partial charge in [-0.1, -0.05) is 20.8 Å². The van der Waals surface area contributed by atoms with Gasteiger partial charge in [-0.2, -0.15) is 0 Å². The van der Waals surface area contributed by atoms with Gasteiger partial charge in [0, 0.05) is 5.54 Å². The Balaban J connectivity index is 4.79. The van der Waals surface area contributed by atoms with Crippen LogP contribution in [0.3, 0.4) is 0 Å². The van der Waals surface area contributed by atoms with Gasteiger partial charge < -0.3 is 10.4 Å². The lowest BCUT2D eigenvalue weighted by Crippen LogP contribution is -2.60. The second-order valence-electron chi connectivity index (χ2n) is 5.69. The highest BCUT2D eigenvalue weighted by Gasteiger charge is 2.37. The van der Waals surface area contributed by atoms with Crippen LogP contribution in [-0.4, -0.2) is 34.1 Å². The lowest BCUT2D eigenvalue weighted by Gasteiger charge is -2.33. The first kappa shape index (κ1) is 17.9. The van der Waals surface area contributed by atoms with Crippen molar-refractivity contribution in [3.63, 3.8) is 0 Å². The van der Waals surface area contributed by atoms with E-state index in [2.05, 4.69) is 10.6 Å². The highest BCUT2D eigenvalue weighted by molar-refractivity contribution is 5.84. The number of carboxylic acids is 1. The normalized spacial score (nSPS) is 14.0. The van der Waals surface area contributed by atoms with Gasteiger partial charge in [0.25, 0.3) is 0 Å². The molecule has 0 aromatic rings. The molecule has 0 aliphatic rings. The standard InChI is InChI=1S/C14H28N2O3/c1-7-13(5,6)16-11(17)10(4)15-14(8-2,9-3)12(18)19/h10,15H,7-9H2,1-6H3,(H,16,17)(H,18,19). The Labute approximate surface area is 116 Å². The quantitative estimate of drug-likeness (QED) is 0.630. The molecule has 112 valence electrons. The highest BCUT2D eigenvalue weighted by Crippen LogP contribution is 2.17. The molecule has 19 heavy (non-hydrogen) atoms. The fraction of sp³-hybridized carbons (Fsp3) is 0.857. The van der Waals surface area contributed by atoms with E-state index in [0.29, 0.717) is 12.8 Å². The van der Waals surface area contributed by atoms with E-state index in [1.165, 1.54) is 0 Å². The SMILES string of the molecule is CCC(C)(C)NC(=O)C(C)NC(CC)(CC)C(=O)O. The summed E-state index contributed by atoms with van der Waals surface area (Å²) in [6.45, 7) is 11.2. The molecule has 1 atom stereocenters. The Hall–Kier alpha value is -1.10. The largest absolute Gasteiger partial charge is 0.480 e. The Morgan fingerprint density at radius 1 is 1.11 bits per heavy atom. The van der Waals surface area contributed by atoms with E-state index in [9.17, 15) is 14.7 Å². The van der Waals surface area contributed by atoms with E-state index in [-0.39, 0.29) is 11.4 Å². The molecule has 0 saturated heterocycles. The summed E-state index contributed by atoms with van der Waals surface area (Å²) in [7, 11) is 0. The summed E-state index contributed by atoms with van der Waals surface area (Å²) in [5.74, 6) is -1.08. The molecule has 0 rings (SSSR count). The van der Waals surface area contributed by atoms with Crippen molar-refractivity contribution in [3.05, 3.63) is 0 Å². The van der Waals surface area contributed by atoms with Crippen LogP contribution in [0.25, 0.3) is 0 Å². The van der Waals surface area contributed by atoms with Gasteiger partial charge >= 0.3 is 5.97 Å². The Morgan fingerprint density at radius 3 is 1.89 bits per heavy atom. The third-order valence-electron chi connectivity index (χ3n) is 3.85. The topological polar surface area (TPSA) is 78.4 Å². The van der Waals surface area contributed by atoms with Crippen molar-refractivity contribution in [2.24, 2.45) is 0 Å². The molecule has 5 nitrogen and oxygen atoms in total. The maximum absolute atomic E-state index is 12.1. The number of carbonyl (C=O) groups is 2. The molecule has 0 saturated carbocycles. The summed E-state index contributed by atoms with van der Waals surface area (Å²) >= 11 is 0.